The standard InChI is InChI=1S/C21H35N5/c1-3-26-14-6-7-20(26)16-24-21(22-2)23-15-18-8-10-19(11-9-18)17-25-12-4-5-13-25/h8-11,20H,3-7,12-17H2,1-2H3,(H2,22,23,24). The van der Waals surface area contributed by atoms with Crippen LogP contribution in [0.4, 0.5) is 0 Å². The van der Waals surface area contributed by atoms with Crippen LogP contribution in [0.15, 0.2) is 29.3 Å². The van der Waals surface area contributed by atoms with E-state index in [4.69, 9.17) is 0 Å². The van der Waals surface area contributed by atoms with E-state index < -0.39 is 0 Å². The zero-order valence-corrected chi connectivity index (χ0v) is 16.5. The van der Waals surface area contributed by atoms with Gasteiger partial charge in [0, 0.05) is 32.7 Å². The van der Waals surface area contributed by atoms with Crippen molar-refractivity contribution in [1.29, 1.82) is 0 Å². The number of rotatable bonds is 7. The van der Waals surface area contributed by atoms with Crippen molar-refractivity contribution < 1.29 is 0 Å². The van der Waals surface area contributed by atoms with Gasteiger partial charge in [-0.1, -0.05) is 31.2 Å². The molecule has 5 heteroatoms. The Morgan fingerprint density at radius 1 is 1.04 bits per heavy atom. The van der Waals surface area contributed by atoms with Gasteiger partial charge in [0.25, 0.3) is 0 Å². The van der Waals surface area contributed by atoms with E-state index in [0.717, 1.165) is 32.1 Å². The highest BCUT2D eigenvalue weighted by Gasteiger charge is 2.22. The summed E-state index contributed by atoms with van der Waals surface area (Å²) in [4.78, 5) is 9.47. The van der Waals surface area contributed by atoms with Crippen LogP contribution >= 0.6 is 0 Å². The smallest absolute Gasteiger partial charge is 0.191 e. The van der Waals surface area contributed by atoms with Gasteiger partial charge in [-0.15, -0.1) is 0 Å². The highest BCUT2D eigenvalue weighted by Crippen LogP contribution is 2.15. The van der Waals surface area contributed by atoms with Crippen molar-refractivity contribution >= 4 is 5.96 Å². The Morgan fingerprint density at radius 3 is 2.46 bits per heavy atom. The van der Waals surface area contributed by atoms with Crippen LogP contribution in [-0.2, 0) is 13.1 Å². The minimum atomic E-state index is 0.642. The maximum atomic E-state index is 4.37. The third-order valence-electron chi connectivity index (χ3n) is 5.72. The summed E-state index contributed by atoms with van der Waals surface area (Å²) >= 11 is 0. The molecule has 5 nitrogen and oxygen atoms in total. The van der Waals surface area contributed by atoms with Crippen LogP contribution in [-0.4, -0.2) is 61.6 Å². The Balaban J connectivity index is 1.41. The topological polar surface area (TPSA) is 42.9 Å². The van der Waals surface area contributed by atoms with Crippen molar-refractivity contribution in [3.8, 4) is 0 Å². The lowest BCUT2D eigenvalue weighted by molar-refractivity contribution is 0.267. The Labute approximate surface area is 158 Å². The van der Waals surface area contributed by atoms with Crippen LogP contribution in [0, 0.1) is 0 Å². The first kappa shape index (κ1) is 19.2. The minimum absolute atomic E-state index is 0.642. The maximum absolute atomic E-state index is 4.37. The molecule has 0 aliphatic carbocycles. The molecule has 2 N–H and O–H groups in total. The molecule has 2 aliphatic rings. The second-order valence-corrected chi connectivity index (χ2v) is 7.53. The van der Waals surface area contributed by atoms with Gasteiger partial charge in [-0.3, -0.25) is 14.8 Å². The third kappa shape index (κ3) is 5.45. The van der Waals surface area contributed by atoms with Gasteiger partial charge in [0.1, 0.15) is 0 Å². The summed E-state index contributed by atoms with van der Waals surface area (Å²) in [6.45, 7) is 10.0. The highest BCUT2D eigenvalue weighted by molar-refractivity contribution is 5.79. The van der Waals surface area contributed by atoms with E-state index in [1.54, 1.807) is 0 Å². The fourth-order valence-electron chi connectivity index (χ4n) is 4.12. The quantitative estimate of drug-likeness (QED) is 0.581. The first-order valence-electron chi connectivity index (χ1n) is 10.3. The van der Waals surface area contributed by atoms with E-state index in [1.165, 1.54) is 56.4 Å². The molecule has 2 fully saturated rings. The van der Waals surface area contributed by atoms with Crippen LogP contribution in [0.2, 0.25) is 0 Å². The molecule has 0 aromatic heterocycles. The summed E-state index contributed by atoms with van der Waals surface area (Å²) in [5, 5.41) is 6.94. The van der Waals surface area contributed by atoms with Crippen molar-refractivity contribution in [2.24, 2.45) is 4.99 Å². The van der Waals surface area contributed by atoms with E-state index >= 15 is 0 Å². The number of benzene rings is 1. The number of likely N-dealkylation sites (tertiary alicyclic amines) is 2. The number of hydrogen-bond acceptors (Lipinski definition) is 3. The molecule has 144 valence electrons. The number of nitrogens with one attached hydrogen (secondary N) is 2. The van der Waals surface area contributed by atoms with Crippen LogP contribution in [0.3, 0.4) is 0 Å². The van der Waals surface area contributed by atoms with E-state index in [1.807, 2.05) is 7.05 Å². The predicted octanol–water partition coefficient (Wildman–Crippen LogP) is 2.43. The van der Waals surface area contributed by atoms with Crippen molar-refractivity contribution in [2.45, 2.75) is 51.7 Å². The summed E-state index contributed by atoms with van der Waals surface area (Å²) in [6.07, 6.45) is 5.31. The molecule has 26 heavy (non-hydrogen) atoms. The lowest BCUT2D eigenvalue weighted by atomic mass is 10.1. The van der Waals surface area contributed by atoms with Gasteiger partial charge in [0.05, 0.1) is 0 Å². The van der Waals surface area contributed by atoms with Crippen molar-refractivity contribution in [3.63, 3.8) is 0 Å². The summed E-state index contributed by atoms with van der Waals surface area (Å²) < 4.78 is 0. The van der Waals surface area contributed by atoms with Gasteiger partial charge in [-0.25, -0.2) is 0 Å². The Hall–Kier alpha value is -1.59. The third-order valence-corrected chi connectivity index (χ3v) is 5.72. The van der Waals surface area contributed by atoms with Crippen LogP contribution < -0.4 is 10.6 Å². The maximum Gasteiger partial charge on any atom is 0.191 e. The van der Waals surface area contributed by atoms with Gasteiger partial charge in [-0.2, -0.15) is 0 Å². The van der Waals surface area contributed by atoms with Crippen molar-refractivity contribution in [3.05, 3.63) is 35.4 Å². The molecule has 1 atom stereocenters. The first-order valence-corrected chi connectivity index (χ1v) is 10.3. The van der Waals surface area contributed by atoms with Crippen molar-refractivity contribution in [1.82, 2.24) is 20.4 Å². The van der Waals surface area contributed by atoms with Crippen LogP contribution in [0.5, 0.6) is 0 Å². The zero-order chi connectivity index (χ0) is 18.2. The van der Waals surface area contributed by atoms with E-state index in [-0.39, 0.29) is 0 Å². The first-order chi connectivity index (χ1) is 12.8. The molecule has 0 spiro atoms. The fourth-order valence-corrected chi connectivity index (χ4v) is 4.12. The molecule has 0 radical (unpaired) electrons. The van der Waals surface area contributed by atoms with Crippen LogP contribution in [0.1, 0.15) is 43.7 Å². The lowest BCUT2D eigenvalue weighted by Gasteiger charge is -2.24. The molecule has 2 aliphatic heterocycles. The van der Waals surface area contributed by atoms with E-state index in [2.05, 4.69) is 56.6 Å². The monoisotopic (exact) mass is 357 g/mol. The second kappa shape index (κ2) is 9.93. The molecule has 2 heterocycles. The number of aliphatic imine (C=N–C) groups is 1. The number of likely N-dealkylation sites (N-methyl/N-ethyl adjacent to an activating group) is 1. The summed E-state index contributed by atoms with van der Waals surface area (Å²) in [7, 11) is 1.85. The molecule has 1 aromatic rings. The molecule has 2 saturated heterocycles. The van der Waals surface area contributed by atoms with Gasteiger partial charge < -0.3 is 10.6 Å². The Bertz CT molecular complexity index is 562. The van der Waals surface area contributed by atoms with Crippen molar-refractivity contribution in [2.75, 3.05) is 39.8 Å². The van der Waals surface area contributed by atoms with Crippen LogP contribution in [0.25, 0.3) is 0 Å². The van der Waals surface area contributed by atoms with E-state index in [0.29, 0.717) is 6.04 Å². The number of nitrogens with zero attached hydrogens (tertiary/aromatic N) is 3. The van der Waals surface area contributed by atoms with Gasteiger partial charge >= 0.3 is 0 Å². The average molecular weight is 358 g/mol. The molecule has 0 saturated carbocycles. The van der Waals surface area contributed by atoms with E-state index in [9.17, 15) is 0 Å². The summed E-state index contributed by atoms with van der Waals surface area (Å²) in [6, 6.07) is 9.65. The molecular weight excluding hydrogens is 322 g/mol. The fraction of sp³-hybridized carbons (Fsp3) is 0.667. The predicted molar refractivity (Wildman–Crippen MR) is 109 cm³/mol. The molecule has 0 amide bonds. The Kier molecular flexibility index (Phi) is 7.32. The molecular formula is C21H35N5. The normalized spacial score (nSPS) is 22.1. The SMILES string of the molecule is CCN1CCCC1CNC(=NC)NCc1ccc(CN2CCCC2)cc1. The second-order valence-electron chi connectivity index (χ2n) is 7.53. The highest BCUT2D eigenvalue weighted by atomic mass is 15.2. The molecule has 0 bridgehead atoms. The average Bonchev–Trinajstić information content (AvgIpc) is 3.34. The van der Waals surface area contributed by atoms with Gasteiger partial charge in [0.2, 0.25) is 0 Å². The summed E-state index contributed by atoms with van der Waals surface area (Å²) in [5.74, 6) is 0.897. The molecule has 1 aromatic carbocycles. The largest absolute Gasteiger partial charge is 0.355 e. The molecule has 1 unspecified atom stereocenters. The minimum Gasteiger partial charge on any atom is -0.355 e. The number of guanidine groups is 1. The zero-order valence-electron chi connectivity index (χ0n) is 16.5. The summed E-state index contributed by atoms with van der Waals surface area (Å²) in [5.41, 5.74) is 2.72. The Morgan fingerprint density at radius 2 is 1.77 bits per heavy atom. The molecule has 3 rings (SSSR count). The van der Waals surface area contributed by atoms with Gasteiger partial charge in [-0.05, 0) is 63.0 Å². The lowest BCUT2D eigenvalue weighted by Crippen LogP contribution is -2.44. The number of hydrogen-bond donors (Lipinski definition) is 2. The van der Waals surface area contributed by atoms with Gasteiger partial charge in [0.15, 0.2) is 5.96 Å².